The topological polar surface area (TPSA) is 73.7 Å². The monoisotopic (exact) mass is 407 g/mol. The van der Waals surface area contributed by atoms with Crippen molar-refractivity contribution >= 4 is 16.8 Å². The van der Waals surface area contributed by atoms with Crippen LogP contribution >= 0.6 is 0 Å². The number of aromatic nitrogens is 2. The maximum Gasteiger partial charge on any atom is 0.224 e. The molecule has 1 amide bonds. The summed E-state index contributed by atoms with van der Waals surface area (Å²) in [5.41, 5.74) is 1.60. The number of nitrogens with zero attached hydrogens (tertiary/aromatic N) is 3. The maximum absolute atomic E-state index is 13.1. The highest BCUT2D eigenvalue weighted by Crippen LogP contribution is 2.39. The van der Waals surface area contributed by atoms with Crippen LogP contribution in [0.4, 0.5) is 0 Å². The summed E-state index contributed by atoms with van der Waals surface area (Å²) < 4.78 is 12.6. The molecule has 1 aliphatic rings. The van der Waals surface area contributed by atoms with E-state index in [4.69, 9.17) is 9.47 Å². The molecule has 1 unspecified atom stereocenters. The highest BCUT2D eigenvalue weighted by Gasteiger charge is 2.32. The molecule has 1 aliphatic heterocycles. The maximum atomic E-state index is 13.1. The Morgan fingerprint density at radius 2 is 2.00 bits per heavy atom. The van der Waals surface area contributed by atoms with E-state index in [9.17, 15) is 9.59 Å². The molecule has 0 bridgehead atoms. The van der Waals surface area contributed by atoms with Crippen molar-refractivity contribution in [2.24, 2.45) is 0 Å². The van der Waals surface area contributed by atoms with Gasteiger partial charge in [0.15, 0.2) is 0 Å². The number of amides is 1. The molecule has 2 aromatic carbocycles. The average Bonchev–Trinajstić information content (AvgIpc) is 3.28. The number of likely N-dealkylation sites (tertiary alicyclic amines) is 1. The molecule has 1 fully saturated rings. The van der Waals surface area contributed by atoms with Gasteiger partial charge in [-0.3, -0.25) is 14.3 Å². The predicted octanol–water partition coefficient (Wildman–Crippen LogP) is 3.17. The first kappa shape index (κ1) is 19.9. The van der Waals surface area contributed by atoms with Gasteiger partial charge in [0, 0.05) is 23.9 Å². The van der Waals surface area contributed by atoms with E-state index in [1.807, 2.05) is 41.3 Å². The van der Waals surface area contributed by atoms with Crippen LogP contribution in [0.1, 0.15) is 30.9 Å². The lowest BCUT2D eigenvalue weighted by Crippen LogP contribution is -2.31. The van der Waals surface area contributed by atoms with Crippen LogP contribution in [0.5, 0.6) is 11.5 Å². The standard InChI is InChI=1S/C23H25N3O4/c1-29-16-9-10-22(30-2)18(14-16)19-8-5-12-25(19)23(28)11-13-26-20-7-4-3-6-17(20)21(27)15-24-26/h3-4,6-7,9-10,14-15,19H,5,8,11-13H2,1-2H3. The number of ether oxygens (including phenoxy) is 2. The number of benzene rings is 2. The molecule has 1 saturated heterocycles. The number of methoxy groups -OCH3 is 2. The van der Waals surface area contributed by atoms with Gasteiger partial charge in [0.25, 0.3) is 0 Å². The fourth-order valence-corrected chi connectivity index (χ4v) is 4.17. The van der Waals surface area contributed by atoms with E-state index >= 15 is 0 Å². The van der Waals surface area contributed by atoms with Gasteiger partial charge in [-0.25, -0.2) is 0 Å². The summed E-state index contributed by atoms with van der Waals surface area (Å²) >= 11 is 0. The van der Waals surface area contributed by atoms with Crippen LogP contribution in [0, 0.1) is 0 Å². The lowest BCUT2D eigenvalue weighted by molar-refractivity contribution is -0.132. The van der Waals surface area contributed by atoms with Crippen molar-refractivity contribution in [1.82, 2.24) is 14.7 Å². The second kappa shape index (κ2) is 8.57. The number of aryl methyl sites for hydroxylation is 1. The summed E-state index contributed by atoms with van der Waals surface area (Å²) in [6.07, 6.45) is 3.44. The molecule has 1 aromatic heterocycles. The minimum Gasteiger partial charge on any atom is -0.497 e. The minimum atomic E-state index is -0.113. The molecule has 2 heterocycles. The van der Waals surface area contributed by atoms with Crippen LogP contribution in [0.15, 0.2) is 53.5 Å². The lowest BCUT2D eigenvalue weighted by atomic mass is 10.0. The highest BCUT2D eigenvalue weighted by atomic mass is 16.5. The molecule has 1 atom stereocenters. The second-order valence-corrected chi connectivity index (χ2v) is 7.35. The normalized spacial score (nSPS) is 16.1. The van der Waals surface area contributed by atoms with Crippen molar-refractivity contribution in [1.29, 1.82) is 0 Å². The zero-order valence-electron chi connectivity index (χ0n) is 17.2. The van der Waals surface area contributed by atoms with E-state index in [0.29, 0.717) is 24.9 Å². The zero-order chi connectivity index (χ0) is 21.1. The number of fused-ring (bicyclic) bond motifs is 1. The fourth-order valence-electron chi connectivity index (χ4n) is 4.17. The Kier molecular flexibility index (Phi) is 5.70. The predicted molar refractivity (Wildman–Crippen MR) is 114 cm³/mol. The van der Waals surface area contributed by atoms with E-state index in [-0.39, 0.29) is 17.4 Å². The highest BCUT2D eigenvalue weighted by molar-refractivity contribution is 5.79. The number of para-hydroxylation sites is 1. The molecule has 0 radical (unpaired) electrons. The summed E-state index contributed by atoms with van der Waals surface area (Å²) in [4.78, 5) is 27.0. The quantitative estimate of drug-likeness (QED) is 0.628. The van der Waals surface area contributed by atoms with Crippen molar-refractivity contribution in [2.45, 2.75) is 31.8 Å². The summed E-state index contributed by atoms with van der Waals surface area (Å²) in [5, 5.41) is 4.84. The third-order valence-corrected chi connectivity index (χ3v) is 5.67. The van der Waals surface area contributed by atoms with Crippen molar-refractivity contribution in [3.8, 4) is 11.5 Å². The smallest absolute Gasteiger partial charge is 0.224 e. The Balaban J connectivity index is 1.54. The van der Waals surface area contributed by atoms with Gasteiger partial charge in [0.05, 0.1) is 38.5 Å². The molecule has 0 aliphatic carbocycles. The van der Waals surface area contributed by atoms with Gasteiger partial charge in [-0.15, -0.1) is 0 Å². The number of hydrogen-bond acceptors (Lipinski definition) is 5. The van der Waals surface area contributed by atoms with E-state index in [1.165, 1.54) is 6.20 Å². The molecule has 4 rings (SSSR count). The van der Waals surface area contributed by atoms with Crippen LogP contribution in [0.3, 0.4) is 0 Å². The Hall–Kier alpha value is -3.35. The SMILES string of the molecule is COc1ccc(OC)c(C2CCCN2C(=O)CCn2ncc(=O)c3ccccc32)c1. The molecular weight excluding hydrogens is 382 g/mol. The first-order valence-electron chi connectivity index (χ1n) is 10.1. The summed E-state index contributed by atoms with van der Waals surface area (Å²) in [6.45, 7) is 1.13. The Morgan fingerprint density at radius 1 is 1.17 bits per heavy atom. The van der Waals surface area contributed by atoms with E-state index < -0.39 is 0 Å². The fraction of sp³-hybridized carbons (Fsp3) is 0.348. The number of carbonyl (C=O) groups is 1. The molecule has 0 N–H and O–H groups in total. The molecule has 30 heavy (non-hydrogen) atoms. The summed E-state index contributed by atoms with van der Waals surface area (Å²) in [6, 6.07) is 13.0. The average molecular weight is 407 g/mol. The molecule has 7 nitrogen and oxygen atoms in total. The third kappa shape index (κ3) is 3.75. The van der Waals surface area contributed by atoms with Crippen molar-refractivity contribution in [2.75, 3.05) is 20.8 Å². The lowest BCUT2D eigenvalue weighted by Gasteiger charge is -2.27. The van der Waals surface area contributed by atoms with Crippen LogP contribution in [0.2, 0.25) is 0 Å². The molecule has 7 heteroatoms. The number of carbonyl (C=O) groups excluding carboxylic acids is 1. The van der Waals surface area contributed by atoms with Crippen molar-refractivity contribution < 1.29 is 14.3 Å². The Morgan fingerprint density at radius 3 is 2.80 bits per heavy atom. The number of rotatable bonds is 6. The van der Waals surface area contributed by atoms with Crippen LogP contribution in [0.25, 0.3) is 10.9 Å². The van der Waals surface area contributed by atoms with Crippen LogP contribution in [-0.2, 0) is 11.3 Å². The molecular formula is C23H25N3O4. The molecule has 0 spiro atoms. The first-order chi connectivity index (χ1) is 14.6. The van der Waals surface area contributed by atoms with Crippen molar-refractivity contribution in [3.63, 3.8) is 0 Å². The zero-order valence-corrected chi connectivity index (χ0v) is 17.2. The van der Waals surface area contributed by atoms with E-state index in [2.05, 4.69) is 5.10 Å². The van der Waals surface area contributed by atoms with Gasteiger partial charge >= 0.3 is 0 Å². The largest absolute Gasteiger partial charge is 0.497 e. The third-order valence-electron chi connectivity index (χ3n) is 5.67. The molecule has 0 saturated carbocycles. The number of hydrogen-bond donors (Lipinski definition) is 0. The van der Waals surface area contributed by atoms with Crippen LogP contribution < -0.4 is 14.9 Å². The van der Waals surface area contributed by atoms with Gasteiger partial charge in [-0.1, -0.05) is 12.1 Å². The van der Waals surface area contributed by atoms with E-state index in [0.717, 1.165) is 35.4 Å². The molecule has 156 valence electrons. The second-order valence-electron chi connectivity index (χ2n) is 7.35. The molecule has 3 aromatic rings. The van der Waals surface area contributed by atoms with Gasteiger partial charge < -0.3 is 14.4 Å². The van der Waals surface area contributed by atoms with E-state index in [1.54, 1.807) is 25.0 Å². The first-order valence-corrected chi connectivity index (χ1v) is 10.1. The Bertz CT molecular complexity index is 1120. The van der Waals surface area contributed by atoms with Crippen molar-refractivity contribution in [3.05, 3.63) is 64.4 Å². The van der Waals surface area contributed by atoms with Gasteiger partial charge in [-0.05, 0) is 43.2 Å². The van der Waals surface area contributed by atoms with Gasteiger partial charge in [0.2, 0.25) is 11.3 Å². The minimum absolute atomic E-state index is 0.0405. The Labute approximate surface area is 174 Å². The van der Waals surface area contributed by atoms with Gasteiger partial charge in [0.1, 0.15) is 11.5 Å². The summed E-state index contributed by atoms with van der Waals surface area (Å²) in [5.74, 6) is 1.56. The summed E-state index contributed by atoms with van der Waals surface area (Å²) in [7, 11) is 3.27. The van der Waals surface area contributed by atoms with Crippen LogP contribution in [-0.4, -0.2) is 41.4 Å². The van der Waals surface area contributed by atoms with Gasteiger partial charge in [-0.2, -0.15) is 5.10 Å².